The van der Waals surface area contributed by atoms with Crippen molar-refractivity contribution in [1.82, 2.24) is 0 Å². The van der Waals surface area contributed by atoms with Crippen molar-refractivity contribution in [3.8, 4) is 11.5 Å². The van der Waals surface area contributed by atoms with Crippen molar-refractivity contribution in [2.24, 2.45) is 0 Å². The Kier molecular flexibility index (Phi) is 8.45. The van der Waals surface area contributed by atoms with Crippen LogP contribution in [0.3, 0.4) is 0 Å². The topological polar surface area (TPSA) is 108 Å². The van der Waals surface area contributed by atoms with Crippen LogP contribution in [0.2, 0.25) is 5.02 Å². The monoisotopic (exact) mass is 448 g/mol. The van der Waals surface area contributed by atoms with Crippen LogP contribution in [0.5, 0.6) is 11.5 Å². The van der Waals surface area contributed by atoms with Crippen LogP contribution in [0.1, 0.15) is 28.4 Å². The smallest absolute Gasteiger partial charge is 0.345 e. The number of carboxylic acid groups (broad SMARTS) is 1. The number of methoxy groups -OCH3 is 2. The maximum Gasteiger partial charge on any atom is 0.345 e. The van der Waals surface area contributed by atoms with Crippen molar-refractivity contribution in [2.45, 2.75) is 13.5 Å². The second-order valence-electron chi connectivity index (χ2n) is 6.09. The van der Waals surface area contributed by atoms with Crippen LogP contribution >= 0.6 is 11.6 Å². The van der Waals surface area contributed by atoms with E-state index < -0.39 is 17.9 Å². The lowest BCUT2D eigenvalue weighted by Crippen LogP contribution is -2.15. The molecule has 0 saturated heterocycles. The molecule has 0 radical (unpaired) electrons. The van der Waals surface area contributed by atoms with Gasteiger partial charge in [0.05, 0.1) is 31.4 Å². The number of rotatable bonds is 9. The normalized spacial score (nSPS) is 10.1. The van der Waals surface area contributed by atoms with Crippen LogP contribution in [-0.4, -0.2) is 43.8 Å². The number of ether oxygens (including phenoxy) is 4. The van der Waals surface area contributed by atoms with Crippen molar-refractivity contribution in [3.63, 3.8) is 0 Å². The first-order chi connectivity index (χ1) is 14.8. The fourth-order valence-corrected chi connectivity index (χ4v) is 2.83. The Labute approximate surface area is 183 Å². The molecule has 0 unspecified atom stereocenters. The largest absolute Gasteiger partial charge is 0.490 e. The Balaban J connectivity index is 2.34. The summed E-state index contributed by atoms with van der Waals surface area (Å²) in [5.74, 6) is -2.16. The van der Waals surface area contributed by atoms with E-state index in [4.69, 9.17) is 26.2 Å². The lowest BCUT2D eigenvalue weighted by atomic mass is 10.1. The highest BCUT2D eigenvalue weighted by atomic mass is 35.5. The summed E-state index contributed by atoms with van der Waals surface area (Å²) in [5, 5.41) is 9.16. The van der Waals surface area contributed by atoms with Gasteiger partial charge in [-0.2, -0.15) is 0 Å². The van der Waals surface area contributed by atoms with Gasteiger partial charge in [-0.25, -0.2) is 14.4 Å². The van der Waals surface area contributed by atoms with Crippen LogP contribution in [0.25, 0.3) is 6.08 Å². The zero-order valence-electron chi connectivity index (χ0n) is 17.1. The summed E-state index contributed by atoms with van der Waals surface area (Å²) in [4.78, 5) is 34.7. The number of halogens is 1. The fraction of sp³-hybridized carbons (Fsp3) is 0.227. The van der Waals surface area contributed by atoms with Crippen LogP contribution in [0, 0.1) is 0 Å². The molecule has 8 nitrogen and oxygen atoms in total. The molecule has 0 atom stereocenters. The number of carboxylic acids is 1. The number of esters is 2. The predicted octanol–water partition coefficient (Wildman–Crippen LogP) is 3.75. The second kappa shape index (κ2) is 11.0. The van der Waals surface area contributed by atoms with Gasteiger partial charge in [0.2, 0.25) is 0 Å². The van der Waals surface area contributed by atoms with Gasteiger partial charge in [-0.15, -0.1) is 0 Å². The molecule has 2 aromatic rings. The maximum atomic E-state index is 11.9. The van der Waals surface area contributed by atoms with Crippen LogP contribution in [0.4, 0.5) is 0 Å². The quantitative estimate of drug-likeness (QED) is 0.267. The Hall–Kier alpha value is -3.52. The van der Waals surface area contributed by atoms with E-state index in [1.807, 2.05) is 0 Å². The van der Waals surface area contributed by atoms with Crippen LogP contribution in [-0.2, 0) is 25.7 Å². The summed E-state index contributed by atoms with van der Waals surface area (Å²) in [7, 11) is 2.30. The first-order valence-corrected chi connectivity index (χ1v) is 9.48. The first kappa shape index (κ1) is 23.8. The third kappa shape index (κ3) is 6.23. The number of hydrogen-bond acceptors (Lipinski definition) is 7. The van der Waals surface area contributed by atoms with E-state index in [0.717, 1.165) is 19.8 Å². The van der Waals surface area contributed by atoms with Gasteiger partial charge in [-0.3, -0.25) is 0 Å². The van der Waals surface area contributed by atoms with E-state index in [-0.39, 0.29) is 28.5 Å². The van der Waals surface area contributed by atoms with Gasteiger partial charge in [-0.05, 0) is 48.4 Å². The Morgan fingerprint density at radius 1 is 1.00 bits per heavy atom. The molecule has 0 aliphatic rings. The van der Waals surface area contributed by atoms with E-state index in [1.165, 1.54) is 24.3 Å². The zero-order valence-corrected chi connectivity index (χ0v) is 17.9. The van der Waals surface area contributed by atoms with Gasteiger partial charge in [0.1, 0.15) is 12.2 Å². The Morgan fingerprint density at radius 3 is 2.13 bits per heavy atom. The zero-order chi connectivity index (χ0) is 23.0. The standard InChI is InChI=1S/C22H21ClO8/c1-4-30-18-11-14(9-16(21(26)28-2)22(27)29-3)10-17(23)19(18)31-12-13-5-7-15(8-6-13)20(24)25/h5-11H,4,12H2,1-3H3,(H,24,25). The van der Waals surface area contributed by atoms with Crippen LogP contribution in [0.15, 0.2) is 42.0 Å². The number of hydrogen-bond donors (Lipinski definition) is 1. The molecule has 0 spiro atoms. The summed E-state index contributed by atoms with van der Waals surface area (Å²) in [6.07, 6.45) is 1.28. The average molecular weight is 449 g/mol. The molecule has 0 aromatic heterocycles. The van der Waals surface area contributed by atoms with E-state index in [1.54, 1.807) is 25.1 Å². The molecule has 164 valence electrons. The highest BCUT2D eigenvalue weighted by Gasteiger charge is 2.21. The summed E-state index contributed by atoms with van der Waals surface area (Å²) < 4.78 is 20.6. The molecule has 31 heavy (non-hydrogen) atoms. The molecule has 0 aliphatic carbocycles. The van der Waals surface area contributed by atoms with E-state index in [0.29, 0.717) is 17.9 Å². The van der Waals surface area contributed by atoms with Crippen molar-refractivity contribution in [1.29, 1.82) is 0 Å². The van der Waals surface area contributed by atoms with E-state index in [9.17, 15) is 14.4 Å². The molecular weight excluding hydrogens is 428 g/mol. The average Bonchev–Trinajstić information content (AvgIpc) is 2.76. The third-order valence-corrected chi connectivity index (χ3v) is 4.32. The van der Waals surface area contributed by atoms with Crippen molar-refractivity contribution < 1.29 is 38.4 Å². The van der Waals surface area contributed by atoms with Gasteiger partial charge in [-0.1, -0.05) is 23.7 Å². The molecular formula is C22H21ClO8. The van der Waals surface area contributed by atoms with Crippen molar-refractivity contribution in [2.75, 3.05) is 20.8 Å². The molecule has 0 bridgehead atoms. The number of carbonyl (C=O) groups excluding carboxylic acids is 2. The highest BCUT2D eigenvalue weighted by Crippen LogP contribution is 2.38. The lowest BCUT2D eigenvalue weighted by Gasteiger charge is -2.15. The number of benzene rings is 2. The van der Waals surface area contributed by atoms with Gasteiger partial charge < -0.3 is 24.1 Å². The first-order valence-electron chi connectivity index (χ1n) is 9.10. The molecule has 0 amide bonds. The van der Waals surface area contributed by atoms with Gasteiger partial charge >= 0.3 is 17.9 Å². The fourth-order valence-electron chi connectivity index (χ4n) is 2.56. The predicted molar refractivity (Wildman–Crippen MR) is 112 cm³/mol. The number of aromatic carboxylic acids is 1. The molecule has 2 rings (SSSR count). The van der Waals surface area contributed by atoms with Gasteiger partial charge in [0.25, 0.3) is 0 Å². The van der Waals surface area contributed by atoms with Crippen molar-refractivity contribution in [3.05, 3.63) is 63.7 Å². The molecule has 9 heteroatoms. The molecule has 0 fully saturated rings. The second-order valence-corrected chi connectivity index (χ2v) is 6.50. The molecule has 0 aliphatic heterocycles. The molecule has 2 aromatic carbocycles. The Bertz CT molecular complexity index is 977. The summed E-state index contributed by atoms with van der Waals surface area (Å²) in [5.41, 5.74) is 0.985. The lowest BCUT2D eigenvalue weighted by molar-refractivity contribution is -0.143. The van der Waals surface area contributed by atoms with Crippen molar-refractivity contribution >= 4 is 35.6 Å². The van der Waals surface area contributed by atoms with E-state index in [2.05, 4.69) is 9.47 Å². The summed E-state index contributed by atoms with van der Waals surface area (Å²) in [6.45, 7) is 2.21. The summed E-state index contributed by atoms with van der Waals surface area (Å²) in [6, 6.07) is 9.27. The SMILES string of the molecule is CCOc1cc(C=C(C(=O)OC)C(=O)OC)cc(Cl)c1OCc1ccc(C(=O)O)cc1. The Morgan fingerprint density at radius 2 is 1.61 bits per heavy atom. The minimum absolute atomic E-state index is 0.116. The molecule has 0 saturated carbocycles. The molecule has 0 heterocycles. The van der Waals surface area contributed by atoms with Crippen LogP contribution < -0.4 is 9.47 Å². The van der Waals surface area contributed by atoms with Gasteiger partial charge in [0.15, 0.2) is 11.5 Å². The maximum absolute atomic E-state index is 11.9. The number of carbonyl (C=O) groups is 3. The minimum atomic E-state index is -1.02. The molecule has 1 N–H and O–H groups in total. The van der Waals surface area contributed by atoms with Gasteiger partial charge in [0, 0.05) is 0 Å². The highest BCUT2D eigenvalue weighted by molar-refractivity contribution is 6.32. The van der Waals surface area contributed by atoms with E-state index >= 15 is 0 Å². The minimum Gasteiger partial charge on any atom is -0.490 e. The third-order valence-electron chi connectivity index (χ3n) is 4.04. The summed E-state index contributed by atoms with van der Waals surface area (Å²) >= 11 is 6.37.